The van der Waals surface area contributed by atoms with Gasteiger partial charge in [0.05, 0.1) is 0 Å². The predicted molar refractivity (Wildman–Crippen MR) is 77.3 cm³/mol. The van der Waals surface area contributed by atoms with E-state index in [9.17, 15) is 4.79 Å². The molecule has 1 N–H and O–H groups in total. The average molecular weight is 287 g/mol. The lowest BCUT2D eigenvalue weighted by atomic mass is 10.3. The number of thiazole rings is 1. The van der Waals surface area contributed by atoms with E-state index in [1.807, 2.05) is 37.3 Å². The minimum absolute atomic E-state index is 0.167. The Morgan fingerprint density at radius 2 is 2.10 bits per heavy atom. The summed E-state index contributed by atoms with van der Waals surface area (Å²) < 4.78 is 1.88. The van der Waals surface area contributed by atoms with Crippen LogP contribution in [0.3, 0.4) is 0 Å². The fourth-order valence-corrected chi connectivity index (χ4v) is 3.06. The lowest BCUT2D eigenvalue weighted by molar-refractivity contribution is 0.102. The third kappa shape index (κ3) is 1.96. The maximum atomic E-state index is 12.4. The Balaban J connectivity index is 1.97. The summed E-state index contributed by atoms with van der Waals surface area (Å²) in [5.41, 5.74) is 1.77. The molecule has 3 aromatic heterocycles. The fourth-order valence-electron chi connectivity index (χ4n) is 2.05. The fraction of sp³-hybridized carbons (Fsp3) is 0.231. The normalized spacial score (nSPS) is 10.9. The molecule has 6 nitrogen and oxygen atoms in total. The zero-order valence-corrected chi connectivity index (χ0v) is 12.2. The van der Waals surface area contributed by atoms with Gasteiger partial charge in [-0.05, 0) is 32.4 Å². The highest BCUT2D eigenvalue weighted by atomic mass is 32.1. The summed E-state index contributed by atoms with van der Waals surface area (Å²) in [7, 11) is 0. The summed E-state index contributed by atoms with van der Waals surface area (Å²) in [5.74, 6) is 1.19. The van der Waals surface area contributed by atoms with Gasteiger partial charge in [-0.1, -0.05) is 17.4 Å². The molecule has 0 spiro atoms. The molecule has 0 aliphatic rings. The molecule has 102 valence electrons. The van der Waals surface area contributed by atoms with Crippen LogP contribution in [0.15, 0.2) is 18.3 Å². The third-order valence-corrected chi connectivity index (χ3v) is 4.23. The topological polar surface area (TPSA) is 72.2 Å². The SMILES string of the molecule is Cc1cccnc1NC(=O)c1sc2nnc(C)n2c1C. The highest BCUT2D eigenvalue weighted by Crippen LogP contribution is 2.23. The van der Waals surface area contributed by atoms with Crippen molar-refractivity contribution in [1.82, 2.24) is 19.6 Å². The Hall–Kier alpha value is -2.28. The van der Waals surface area contributed by atoms with Gasteiger partial charge in [0.1, 0.15) is 16.5 Å². The molecule has 3 heterocycles. The van der Waals surface area contributed by atoms with Gasteiger partial charge in [0.2, 0.25) is 4.96 Å². The number of nitrogens with one attached hydrogen (secondary N) is 1. The molecule has 0 saturated heterocycles. The molecular formula is C13H13N5OS. The molecule has 0 aliphatic heterocycles. The first-order chi connectivity index (χ1) is 9.58. The second-order valence-electron chi connectivity index (χ2n) is 4.50. The zero-order chi connectivity index (χ0) is 14.3. The van der Waals surface area contributed by atoms with E-state index in [0.717, 1.165) is 22.0 Å². The van der Waals surface area contributed by atoms with Crippen LogP contribution in [-0.2, 0) is 0 Å². The first-order valence-corrected chi connectivity index (χ1v) is 6.93. The van der Waals surface area contributed by atoms with Crippen LogP contribution in [0.1, 0.15) is 26.8 Å². The minimum Gasteiger partial charge on any atom is -0.306 e. The smallest absolute Gasteiger partial charge is 0.268 e. The van der Waals surface area contributed by atoms with Crippen LogP contribution < -0.4 is 5.32 Å². The Labute approximate surface area is 119 Å². The van der Waals surface area contributed by atoms with Crippen molar-refractivity contribution in [2.24, 2.45) is 0 Å². The van der Waals surface area contributed by atoms with Gasteiger partial charge < -0.3 is 5.32 Å². The zero-order valence-electron chi connectivity index (χ0n) is 11.3. The van der Waals surface area contributed by atoms with E-state index in [-0.39, 0.29) is 5.91 Å². The van der Waals surface area contributed by atoms with Gasteiger partial charge in [-0.25, -0.2) is 4.98 Å². The number of nitrogens with zero attached hydrogens (tertiary/aromatic N) is 4. The van der Waals surface area contributed by atoms with Crippen LogP contribution in [0.25, 0.3) is 4.96 Å². The number of carbonyl (C=O) groups excluding carboxylic acids is 1. The van der Waals surface area contributed by atoms with E-state index in [1.165, 1.54) is 11.3 Å². The molecule has 7 heteroatoms. The Kier molecular flexibility index (Phi) is 2.98. The van der Waals surface area contributed by atoms with Crippen LogP contribution in [0.2, 0.25) is 0 Å². The molecule has 0 aromatic carbocycles. The number of aromatic nitrogens is 4. The summed E-state index contributed by atoms with van der Waals surface area (Å²) in [5, 5.41) is 10.9. The lowest BCUT2D eigenvalue weighted by Gasteiger charge is -2.06. The van der Waals surface area contributed by atoms with E-state index in [2.05, 4.69) is 20.5 Å². The molecule has 0 aliphatic carbocycles. The van der Waals surface area contributed by atoms with E-state index < -0.39 is 0 Å². The summed E-state index contributed by atoms with van der Waals surface area (Å²) in [6, 6.07) is 3.75. The highest BCUT2D eigenvalue weighted by molar-refractivity contribution is 7.19. The number of amides is 1. The minimum atomic E-state index is -0.167. The lowest BCUT2D eigenvalue weighted by Crippen LogP contribution is -2.14. The van der Waals surface area contributed by atoms with Crippen molar-refractivity contribution in [2.45, 2.75) is 20.8 Å². The Morgan fingerprint density at radius 3 is 2.80 bits per heavy atom. The molecule has 0 bridgehead atoms. The number of fused-ring (bicyclic) bond motifs is 1. The summed E-state index contributed by atoms with van der Waals surface area (Å²) in [6.45, 7) is 5.66. The first kappa shape index (κ1) is 12.7. The standard InChI is InChI=1S/C13H13N5OS/c1-7-5-4-6-14-11(7)15-12(19)10-8(2)18-9(3)16-17-13(18)20-10/h4-6H,1-3H3,(H,14,15,19). The quantitative estimate of drug-likeness (QED) is 0.785. The average Bonchev–Trinajstić information content (AvgIpc) is 2.94. The number of carbonyl (C=O) groups is 1. The number of hydrogen-bond acceptors (Lipinski definition) is 5. The van der Waals surface area contributed by atoms with Crippen molar-refractivity contribution in [3.05, 3.63) is 40.3 Å². The van der Waals surface area contributed by atoms with Gasteiger partial charge in [-0.15, -0.1) is 10.2 Å². The summed E-state index contributed by atoms with van der Waals surface area (Å²) in [4.78, 5) is 17.9. The van der Waals surface area contributed by atoms with Crippen molar-refractivity contribution in [2.75, 3.05) is 5.32 Å². The predicted octanol–water partition coefficient (Wildman–Crippen LogP) is 2.36. The van der Waals surface area contributed by atoms with Crippen LogP contribution in [-0.4, -0.2) is 25.5 Å². The Morgan fingerprint density at radius 1 is 1.30 bits per heavy atom. The van der Waals surface area contributed by atoms with Crippen molar-refractivity contribution in [3.63, 3.8) is 0 Å². The van der Waals surface area contributed by atoms with E-state index in [0.29, 0.717) is 10.7 Å². The van der Waals surface area contributed by atoms with Crippen molar-refractivity contribution in [1.29, 1.82) is 0 Å². The number of pyridine rings is 1. The molecule has 3 rings (SSSR count). The molecule has 1 amide bonds. The second-order valence-corrected chi connectivity index (χ2v) is 5.48. The molecule has 0 fully saturated rings. The molecule has 0 atom stereocenters. The van der Waals surface area contributed by atoms with Gasteiger partial charge >= 0.3 is 0 Å². The molecule has 0 unspecified atom stereocenters. The summed E-state index contributed by atoms with van der Waals surface area (Å²) >= 11 is 1.33. The highest BCUT2D eigenvalue weighted by Gasteiger charge is 2.19. The largest absolute Gasteiger partial charge is 0.306 e. The maximum Gasteiger partial charge on any atom is 0.268 e. The van der Waals surface area contributed by atoms with Gasteiger partial charge in [0.25, 0.3) is 5.91 Å². The van der Waals surface area contributed by atoms with Gasteiger partial charge in [0.15, 0.2) is 0 Å². The van der Waals surface area contributed by atoms with Gasteiger partial charge in [-0.2, -0.15) is 0 Å². The third-order valence-electron chi connectivity index (χ3n) is 3.10. The number of rotatable bonds is 2. The van der Waals surface area contributed by atoms with Gasteiger partial charge in [0, 0.05) is 11.9 Å². The molecular weight excluding hydrogens is 274 g/mol. The molecule has 0 saturated carbocycles. The maximum absolute atomic E-state index is 12.4. The Bertz CT molecular complexity index is 804. The number of anilines is 1. The molecule has 0 radical (unpaired) electrons. The second kappa shape index (κ2) is 4.68. The van der Waals surface area contributed by atoms with Gasteiger partial charge in [-0.3, -0.25) is 9.20 Å². The molecule has 3 aromatic rings. The van der Waals surface area contributed by atoms with Crippen LogP contribution in [0.5, 0.6) is 0 Å². The van der Waals surface area contributed by atoms with E-state index in [1.54, 1.807) is 6.20 Å². The summed E-state index contributed by atoms with van der Waals surface area (Å²) in [6.07, 6.45) is 1.66. The first-order valence-electron chi connectivity index (χ1n) is 6.12. The van der Waals surface area contributed by atoms with E-state index in [4.69, 9.17) is 0 Å². The number of hydrogen-bond donors (Lipinski definition) is 1. The van der Waals surface area contributed by atoms with Crippen LogP contribution in [0.4, 0.5) is 5.82 Å². The van der Waals surface area contributed by atoms with Crippen LogP contribution >= 0.6 is 11.3 Å². The van der Waals surface area contributed by atoms with E-state index >= 15 is 0 Å². The van der Waals surface area contributed by atoms with Crippen molar-refractivity contribution >= 4 is 28.0 Å². The van der Waals surface area contributed by atoms with Crippen LogP contribution in [0, 0.1) is 20.8 Å². The monoisotopic (exact) mass is 287 g/mol. The van der Waals surface area contributed by atoms with Crippen molar-refractivity contribution < 1.29 is 4.79 Å². The van der Waals surface area contributed by atoms with Crippen molar-refractivity contribution in [3.8, 4) is 0 Å². The number of aryl methyl sites for hydroxylation is 3. The molecule has 20 heavy (non-hydrogen) atoms.